The molecular formula is C20H24N4O3. The summed E-state index contributed by atoms with van der Waals surface area (Å²) in [6.45, 7) is 5.17. The minimum Gasteiger partial charge on any atom is -0.369 e. The number of carbonyl (C=O) groups excluding carboxylic acids is 2. The van der Waals surface area contributed by atoms with Gasteiger partial charge in [-0.05, 0) is 37.0 Å². The van der Waals surface area contributed by atoms with Gasteiger partial charge >= 0.3 is 0 Å². The number of amides is 2. The Hall–Kier alpha value is -2.83. The van der Waals surface area contributed by atoms with Gasteiger partial charge in [-0.2, -0.15) is 0 Å². The first kappa shape index (κ1) is 17.6. The summed E-state index contributed by atoms with van der Waals surface area (Å²) in [5.41, 5.74) is 2.16. The van der Waals surface area contributed by atoms with Crippen molar-refractivity contribution in [3.8, 4) is 0 Å². The molecule has 1 aromatic heterocycles. The molecule has 2 fully saturated rings. The predicted molar refractivity (Wildman–Crippen MR) is 102 cm³/mol. The molecule has 7 heteroatoms. The van der Waals surface area contributed by atoms with E-state index in [1.54, 1.807) is 6.07 Å². The molecule has 4 rings (SSSR count). The number of nitrogens with zero attached hydrogens (tertiary/aromatic N) is 2. The van der Waals surface area contributed by atoms with Crippen LogP contribution in [-0.2, 0) is 4.79 Å². The van der Waals surface area contributed by atoms with Crippen LogP contribution < -0.4 is 15.5 Å². The molecule has 0 spiro atoms. The molecule has 1 aliphatic carbocycles. The third kappa shape index (κ3) is 3.97. The molecule has 2 aliphatic rings. The van der Waals surface area contributed by atoms with E-state index in [1.807, 2.05) is 24.3 Å². The van der Waals surface area contributed by atoms with Gasteiger partial charge in [-0.25, -0.2) is 0 Å². The van der Waals surface area contributed by atoms with E-state index in [4.69, 9.17) is 4.52 Å². The summed E-state index contributed by atoms with van der Waals surface area (Å²) in [6.07, 6.45) is 2.23. The zero-order chi connectivity index (χ0) is 19.0. The Balaban J connectivity index is 1.40. The average molecular weight is 368 g/mol. The number of aromatic nitrogens is 1. The summed E-state index contributed by atoms with van der Waals surface area (Å²) in [4.78, 5) is 26.0. The quantitative estimate of drug-likeness (QED) is 0.847. The van der Waals surface area contributed by atoms with Crippen LogP contribution in [0.4, 0.5) is 11.4 Å². The molecule has 0 bridgehead atoms. The van der Waals surface area contributed by atoms with Crippen molar-refractivity contribution in [3.05, 3.63) is 41.8 Å². The first-order valence-corrected chi connectivity index (χ1v) is 9.39. The van der Waals surface area contributed by atoms with Gasteiger partial charge in [0.1, 0.15) is 5.76 Å². The van der Waals surface area contributed by atoms with Crippen LogP contribution in [0.15, 0.2) is 34.9 Å². The van der Waals surface area contributed by atoms with Crippen LogP contribution in [0.5, 0.6) is 0 Å². The molecule has 2 atom stereocenters. The van der Waals surface area contributed by atoms with Crippen LogP contribution in [0.3, 0.4) is 0 Å². The van der Waals surface area contributed by atoms with Crippen molar-refractivity contribution >= 4 is 23.2 Å². The molecule has 0 radical (unpaired) electrons. The van der Waals surface area contributed by atoms with Crippen molar-refractivity contribution in [2.24, 2.45) is 5.92 Å². The van der Waals surface area contributed by atoms with Crippen molar-refractivity contribution in [1.29, 1.82) is 0 Å². The summed E-state index contributed by atoms with van der Waals surface area (Å²) in [5.74, 6) is 1.28. The molecule has 2 heterocycles. The van der Waals surface area contributed by atoms with Crippen molar-refractivity contribution < 1.29 is 14.1 Å². The van der Waals surface area contributed by atoms with E-state index in [2.05, 4.69) is 27.6 Å². The lowest BCUT2D eigenvalue weighted by Crippen LogP contribution is -2.40. The lowest BCUT2D eigenvalue weighted by Gasteiger charge is -2.19. The first-order valence-electron chi connectivity index (χ1n) is 9.39. The molecule has 1 saturated heterocycles. The SMILES string of the molecule is CC(=O)Nc1cccc(N2C[C@H](C)[C@H](NC(=O)c3cc(C4CC4)on3)C2)c1. The van der Waals surface area contributed by atoms with E-state index in [-0.39, 0.29) is 17.9 Å². The molecule has 7 nitrogen and oxygen atoms in total. The van der Waals surface area contributed by atoms with Crippen molar-refractivity contribution in [1.82, 2.24) is 10.5 Å². The van der Waals surface area contributed by atoms with E-state index in [0.29, 0.717) is 24.1 Å². The predicted octanol–water partition coefficient (Wildman–Crippen LogP) is 2.77. The fraction of sp³-hybridized carbons (Fsp3) is 0.450. The molecule has 2 N–H and O–H groups in total. The van der Waals surface area contributed by atoms with Crippen molar-refractivity contribution in [2.45, 2.75) is 38.6 Å². The first-order chi connectivity index (χ1) is 13.0. The maximum absolute atomic E-state index is 12.5. The molecule has 2 aromatic rings. The summed E-state index contributed by atoms with van der Waals surface area (Å²) in [6, 6.07) is 9.56. The number of carbonyl (C=O) groups is 2. The van der Waals surface area contributed by atoms with Crippen LogP contribution in [-0.4, -0.2) is 36.1 Å². The van der Waals surface area contributed by atoms with Gasteiger partial charge in [0, 0.05) is 43.4 Å². The number of hydrogen-bond acceptors (Lipinski definition) is 5. The lowest BCUT2D eigenvalue weighted by atomic mass is 10.1. The molecule has 1 aliphatic heterocycles. The Morgan fingerprint density at radius 2 is 2.04 bits per heavy atom. The molecule has 1 saturated carbocycles. The van der Waals surface area contributed by atoms with Gasteiger partial charge in [0.15, 0.2) is 5.69 Å². The van der Waals surface area contributed by atoms with Crippen LogP contribution in [0.1, 0.15) is 48.9 Å². The van der Waals surface area contributed by atoms with E-state index in [0.717, 1.165) is 36.5 Å². The van der Waals surface area contributed by atoms with E-state index >= 15 is 0 Å². The second-order valence-electron chi connectivity index (χ2n) is 7.58. The third-order valence-electron chi connectivity index (χ3n) is 5.20. The van der Waals surface area contributed by atoms with Gasteiger partial charge in [-0.3, -0.25) is 9.59 Å². The summed E-state index contributed by atoms with van der Waals surface area (Å²) in [7, 11) is 0. The highest BCUT2D eigenvalue weighted by molar-refractivity contribution is 5.92. The van der Waals surface area contributed by atoms with Gasteiger partial charge < -0.3 is 20.1 Å². The smallest absolute Gasteiger partial charge is 0.273 e. The Labute approximate surface area is 158 Å². The van der Waals surface area contributed by atoms with Crippen LogP contribution in [0.25, 0.3) is 0 Å². The number of hydrogen-bond donors (Lipinski definition) is 2. The van der Waals surface area contributed by atoms with Gasteiger partial charge in [-0.1, -0.05) is 18.1 Å². The van der Waals surface area contributed by atoms with Gasteiger partial charge in [0.2, 0.25) is 5.91 Å². The number of benzene rings is 1. The van der Waals surface area contributed by atoms with Crippen molar-refractivity contribution in [2.75, 3.05) is 23.3 Å². The van der Waals surface area contributed by atoms with Crippen LogP contribution in [0, 0.1) is 5.92 Å². The third-order valence-corrected chi connectivity index (χ3v) is 5.20. The largest absolute Gasteiger partial charge is 0.369 e. The maximum Gasteiger partial charge on any atom is 0.273 e. The maximum atomic E-state index is 12.5. The number of anilines is 2. The fourth-order valence-electron chi connectivity index (χ4n) is 3.55. The zero-order valence-electron chi connectivity index (χ0n) is 15.6. The number of nitrogens with one attached hydrogen (secondary N) is 2. The van der Waals surface area contributed by atoms with Crippen LogP contribution in [0.2, 0.25) is 0 Å². The Bertz CT molecular complexity index is 858. The average Bonchev–Trinajstić information content (AvgIpc) is 3.24. The number of rotatable bonds is 5. The molecule has 142 valence electrons. The van der Waals surface area contributed by atoms with Gasteiger partial charge in [0.05, 0.1) is 6.04 Å². The molecule has 27 heavy (non-hydrogen) atoms. The molecule has 1 aromatic carbocycles. The molecule has 2 amide bonds. The second-order valence-corrected chi connectivity index (χ2v) is 7.58. The minimum absolute atomic E-state index is 0.0306. The summed E-state index contributed by atoms with van der Waals surface area (Å²) >= 11 is 0. The van der Waals surface area contributed by atoms with E-state index in [9.17, 15) is 9.59 Å². The lowest BCUT2D eigenvalue weighted by molar-refractivity contribution is -0.114. The van der Waals surface area contributed by atoms with Gasteiger partial charge in [-0.15, -0.1) is 0 Å². The highest BCUT2D eigenvalue weighted by Gasteiger charge is 2.33. The van der Waals surface area contributed by atoms with E-state index < -0.39 is 0 Å². The highest BCUT2D eigenvalue weighted by atomic mass is 16.5. The Kier molecular flexibility index (Phi) is 4.59. The highest BCUT2D eigenvalue weighted by Crippen LogP contribution is 2.40. The molecule has 0 unspecified atom stereocenters. The Morgan fingerprint density at radius 3 is 2.78 bits per heavy atom. The topological polar surface area (TPSA) is 87.5 Å². The zero-order valence-corrected chi connectivity index (χ0v) is 15.6. The fourth-order valence-corrected chi connectivity index (χ4v) is 3.55. The van der Waals surface area contributed by atoms with E-state index in [1.165, 1.54) is 6.92 Å². The standard InChI is InChI=1S/C20H24N4O3/c1-12-10-24(16-5-3-4-15(8-16)21-13(2)25)11-18(12)22-20(26)17-9-19(27-23-17)14-6-7-14/h3-5,8-9,12,14,18H,6-7,10-11H2,1-2H3,(H,21,25)(H,22,26)/t12-,18+/m0/s1. The summed E-state index contributed by atoms with van der Waals surface area (Å²) in [5, 5.41) is 9.82. The Morgan fingerprint density at radius 1 is 1.22 bits per heavy atom. The molecular weight excluding hydrogens is 344 g/mol. The van der Waals surface area contributed by atoms with Crippen LogP contribution >= 0.6 is 0 Å². The normalized spacial score (nSPS) is 21.9. The second kappa shape index (κ2) is 7.06. The summed E-state index contributed by atoms with van der Waals surface area (Å²) < 4.78 is 5.28. The monoisotopic (exact) mass is 368 g/mol. The van der Waals surface area contributed by atoms with Gasteiger partial charge in [0.25, 0.3) is 5.91 Å². The minimum atomic E-state index is -0.184. The van der Waals surface area contributed by atoms with Crippen molar-refractivity contribution in [3.63, 3.8) is 0 Å².